The van der Waals surface area contributed by atoms with Gasteiger partial charge in [0.25, 0.3) is 0 Å². The van der Waals surface area contributed by atoms with Crippen LogP contribution in [0.3, 0.4) is 0 Å². The first-order valence-corrected chi connectivity index (χ1v) is 4.48. The molecule has 0 unspecified atom stereocenters. The van der Waals surface area contributed by atoms with Gasteiger partial charge in [-0.2, -0.15) is 0 Å². The number of hydrogen-bond donors (Lipinski definition) is 1. The lowest BCUT2D eigenvalue weighted by Gasteiger charge is -2.15. The van der Waals surface area contributed by atoms with Crippen LogP contribution in [0.15, 0.2) is 43.0 Å². The van der Waals surface area contributed by atoms with Crippen LogP contribution in [0.1, 0.15) is 0 Å². The number of nitrogens with one attached hydrogen (secondary N) is 1. The molecule has 4 heteroatoms. The molecule has 15 heavy (non-hydrogen) atoms. The summed E-state index contributed by atoms with van der Waals surface area (Å²) in [5, 5.41) is 2.52. The summed E-state index contributed by atoms with van der Waals surface area (Å²) >= 11 is 0. The van der Waals surface area contributed by atoms with Gasteiger partial charge in [-0.25, -0.2) is 9.69 Å². The lowest BCUT2D eigenvalue weighted by atomic mass is 10.3. The second-order valence-corrected chi connectivity index (χ2v) is 2.79. The summed E-state index contributed by atoms with van der Waals surface area (Å²) in [7, 11) is 0. The van der Waals surface area contributed by atoms with Gasteiger partial charge in [0.15, 0.2) is 0 Å². The Balaban J connectivity index is 2.76. The van der Waals surface area contributed by atoms with E-state index in [0.717, 1.165) is 4.90 Å². The first-order valence-electron chi connectivity index (χ1n) is 4.48. The molecule has 0 spiro atoms. The summed E-state index contributed by atoms with van der Waals surface area (Å²) < 4.78 is 0. The zero-order chi connectivity index (χ0) is 11.1. The van der Waals surface area contributed by atoms with Gasteiger partial charge in [0.05, 0.1) is 5.69 Å². The minimum absolute atomic E-state index is 0.329. The van der Waals surface area contributed by atoms with Gasteiger partial charge in [0.2, 0.25) is 6.41 Å². The van der Waals surface area contributed by atoms with Crippen LogP contribution < -0.4 is 10.2 Å². The van der Waals surface area contributed by atoms with E-state index in [1.165, 1.54) is 0 Å². The van der Waals surface area contributed by atoms with E-state index >= 15 is 0 Å². The number of para-hydroxylation sites is 1. The van der Waals surface area contributed by atoms with Crippen molar-refractivity contribution in [2.24, 2.45) is 0 Å². The number of urea groups is 1. The first-order chi connectivity index (χ1) is 7.29. The van der Waals surface area contributed by atoms with Crippen molar-refractivity contribution in [2.45, 2.75) is 0 Å². The van der Waals surface area contributed by atoms with Gasteiger partial charge in [0, 0.05) is 6.54 Å². The average molecular weight is 204 g/mol. The van der Waals surface area contributed by atoms with Gasteiger partial charge >= 0.3 is 6.03 Å². The fourth-order valence-corrected chi connectivity index (χ4v) is 1.06. The maximum atomic E-state index is 11.5. The highest BCUT2D eigenvalue weighted by atomic mass is 16.2. The van der Waals surface area contributed by atoms with Crippen LogP contribution in [0.4, 0.5) is 10.5 Å². The predicted octanol–water partition coefficient (Wildman–Crippen LogP) is 1.54. The molecule has 0 saturated carbocycles. The number of amides is 3. The Labute approximate surface area is 88.2 Å². The highest BCUT2D eigenvalue weighted by Crippen LogP contribution is 2.10. The normalized spacial score (nSPS) is 9.07. The molecule has 1 aromatic rings. The molecule has 0 saturated heterocycles. The molecule has 0 heterocycles. The van der Waals surface area contributed by atoms with E-state index < -0.39 is 6.03 Å². The number of carbonyl (C=O) groups is 2. The van der Waals surface area contributed by atoms with E-state index in [9.17, 15) is 9.59 Å². The number of nitrogens with zero attached hydrogens (tertiary/aromatic N) is 1. The van der Waals surface area contributed by atoms with Crippen molar-refractivity contribution in [3.05, 3.63) is 43.0 Å². The lowest BCUT2D eigenvalue weighted by molar-refractivity contribution is -0.106. The van der Waals surface area contributed by atoms with Crippen LogP contribution in [0.2, 0.25) is 0 Å². The number of carbonyl (C=O) groups excluding carboxylic acids is 2. The lowest BCUT2D eigenvalue weighted by Crippen LogP contribution is -2.39. The maximum Gasteiger partial charge on any atom is 0.328 e. The van der Waals surface area contributed by atoms with Crippen LogP contribution in [0.25, 0.3) is 0 Å². The summed E-state index contributed by atoms with van der Waals surface area (Å²) in [6.07, 6.45) is 2.03. The standard InChI is InChI=1S/C11H12N2O2/c1-2-8-12-11(15)13(9-14)10-6-4-3-5-7-10/h2-7,9H,1,8H2,(H,12,15). The van der Waals surface area contributed by atoms with Crippen molar-refractivity contribution in [3.8, 4) is 0 Å². The second-order valence-electron chi connectivity index (χ2n) is 2.79. The summed E-state index contributed by atoms with van der Waals surface area (Å²) in [6.45, 7) is 3.80. The topological polar surface area (TPSA) is 49.4 Å². The molecular weight excluding hydrogens is 192 g/mol. The number of imide groups is 1. The van der Waals surface area contributed by atoms with Crippen LogP contribution in [-0.2, 0) is 4.79 Å². The molecule has 0 aliphatic heterocycles. The summed E-state index contributed by atoms with van der Waals surface area (Å²) in [4.78, 5) is 23.2. The quantitative estimate of drug-likeness (QED) is 0.597. The molecule has 0 bridgehead atoms. The van der Waals surface area contributed by atoms with Crippen LogP contribution in [0, 0.1) is 0 Å². The van der Waals surface area contributed by atoms with E-state index in [4.69, 9.17) is 0 Å². The molecule has 0 fully saturated rings. The van der Waals surface area contributed by atoms with Crippen molar-refractivity contribution in [1.82, 2.24) is 5.32 Å². The molecule has 0 aliphatic rings. The number of anilines is 1. The van der Waals surface area contributed by atoms with Gasteiger partial charge in [-0.3, -0.25) is 4.79 Å². The molecule has 3 amide bonds. The van der Waals surface area contributed by atoms with E-state index in [-0.39, 0.29) is 0 Å². The first kappa shape index (κ1) is 11.0. The smallest absolute Gasteiger partial charge is 0.328 e. The predicted molar refractivity (Wildman–Crippen MR) is 58.6 cm³/mol. The molecule has 1 aromatic carbocycles. The second kappa shape index (κ2) is 5.59. The Hall–Kier alpha value is -2.10. The van der Waals surface area contributed by atoms with Crippen LogP contribution in [0.5, 0.6) is 0 Å². The Morgan fingerprint density at radius 1 is 1.40 bits per heavy atom. The Morgan fingerprint density at radius 3 is 2.60 bits per heavy atom. The zero-order valence-corrected chi connectivity index (χ0v) is 8.22. The minimum Gasteiger partial charge on any atom is -0.334 e. The average Bonchev–Trinajstić information content (AvgIpc) is 2.29. The summed E-state index contributed by atoms with van der Waals surface area (Å²) in [5.41, 5.74) is 0.536. The van der Waals surface area contributed by atoms with Gasteiger partial charge in [-0.15, -0.1) is 6.58 Å². The summed E-state index contributed by atoms with van der Waals surface area (Å²) in [6, 6.07) is 8.23. The SMILES string of the molecule is C=CCNC(=O)N(C=O)c1ccccc1. The fourth-order valence-electron chi connectivity index (χ4n) is 1.06. The molecule has 0 aliphatic carbocycles. The Kier molecular flexibility index (Phi) is 4.09. The van der Waals surface area contributed by atoms with Crippen molar-refractivity contribution in [2.75, 3.05) is 11.4 Å². The van der Waals surface area contributed by atoms with Crippen molar-refractivity contribution < 1.29 is 9.59 Å². The Bertz CT molecular complexity index is 349. The number of rotatable bonds is 4. The fraction of sp³-hybridized carbons (Fsp3) is 0.0909. The minimum atomic E-state index is -0.462. The third-order valence-electron chi connectivity index (χ3n) is 1.76. The highest BCUT2D eigenvalue weighted by molar-refractivity contribution is 6.05. The molecule has 1 N–H and O–H groups in total. The van der Waals surface area contributed by atoms with Gasteiger partial charge in [-0.05, 0) is 12.1 Å². The maximum absolute atomic E-state index is 11.5. The van der Waals surface area contributed by atoms with E-state index in [1.54, 1.807) is 30.3 Å². The van der Waals surface area contributed by atoms with Crippen molar-refractivity contribution in [1.29, 1.82) is 0 Å². The zero-order valence-electron chi connectivity index (χ0n) is 8.22. The van der Waals surface area contributed by atoms with Crippen LogP contribution in [-0.4, -0.2) is 19.0 Å². The van der Waals surface area contributed by atoms with Crippen LogP contribution >= 0.6 is 0 Å². The molecular formula is C11H12N2O2. The third kappa shape index (κ3) is 2.95. The van der Waals surface area contributed by atoms with Gasteiger partial charge < -0.3 is 5.32 Å². The molecule has 0 atom stereocenters. The third-order valence-corrected chi connectivity index (χ3v) is 1.76. The van der Waals surface area contributed by atoms with Crippen molar-refractivity contribution in [3.63, 3.8) is 0 Å². The molecule has 78 valence electrons. The number of hydrogen-bond acceptors (Lipinski definition) is 2. The summed E-state index contributed by atoms with van der Waals surface area (Å²) in [5.74, 6) is 0. The monoisotopic (exact) mass is 204 g/mol. The number of benzene rings is 1. The van der Waals surface area contributed by atoms with Gasteiger partial charge in [-0.1, -0.05) is 24.3 Å². The molecule has 0 radical (unpaired) electrons. The van der Waals surface area contributed by atoms with Crippen molar-refractivity contribution >= 4 is 18.1 Å². The van der Waals surface area contributed by atoms with E-state index in [0.29, 0.717) is 18.6 Å². The molecule has 4 nitrogen and oxygen atoms in total. The molecule has 1 rings (SSSR count). The highest BCUT2D eigenvalue weighted by Gasteiger charge is 2.12. The largest absolute Gasteiger partial charge is 0.334 e. The van der Waals surface area contributed by atoms with E-state index in [2.05, 4.69) is 11.9 Å². The molecule has 0 aromatic heterocycles. The van der Waals surface area contributed by atoms with Gasteiger partial charge in [0.1, 0.15) is 0 Å². The Morgan fingerprint density at radius 2 is 2.07 bits per heavy atom. The van der Waals surface area contributed by atoms with E-state index in [1.807, 2.05) is 6.07 Å².